The van der Waals surface area contributed by atoms with E-state index in [0.717, 1.165) is 5.69 Å². The molecule has 2 aromatic rings. The lowest BCUT2D eigenvalue weighted by Crippen LogP contribution is -2.10. The van der Waals surface area contributed by atoms with E-state index in [4.69, 9.17) is 5.26 Å². The van der Waals surface area contributed by atoms with Crippen molar-refractivity contribution in [1.29, 1.82) is 5.26 Å². The predicted octanol–water partition coefficient (Wildman–Crippen LogP) is 2.57. The van der Waals surface area contributed by atoms with Crippen molar-refractivity contribution in [2.45, 2.75) is 0 Å². The third kappa shape index (κ3) is 2.72. The first-order valence-electron chi connectivity index (χ1n) is 5.43. The van der Waals surface area contributed by atoms with Gasteiger partial charge in [0, 0.05) is 18.1 Å². The van der Waals surface area contributed by atoms with Crippen molar-refractivity contribution in [2.24, 2.45) is 0 Å². The molecule has 0 bridgehead atoms. The van der Waals surface area contributed by atoms with Crippen LogP contribution in [0.3, 0.4) is 0 Å². The van der Waals surface area contributed by atoms with Gasteiger partial charge in [-0.05, 0) is 18.2 Å². The van der Waals surface area contributed by atoms with Crippen molar-refractivity contribution in [3.63, 3.8) is 0 Å². The molecule has 2 rings (SSSR count). The molecule has 0 saturated carbocycles. The number of rotatable bonds is 3. The SMILES string of the molecule is COC(=O)c1csc(N(C)c2cccc(C#N)c2)n1. The van der Waals surface area contributed by atoms with Gasteiger partial charge in [0.2, 0.25) is 0 Å². The molecule has 0 aliphatic heterocycles. The smallest absolute Gasteiger partial charge is 0.357 e. The number of aromatic nitrogens is 1. The summed E-state index contributed by atoms with van der Waals surface area (Å²) in [5, 5.41) is 11.2. The number of anilines is 2. The molecule has 1 aromatic carbocycles. The van der Waals surface area contributed by atoms with E-state index in [1.165, 1.54) is 18.4 Å². The van der Waals surface area contributed by atoms with E-state index < -0.39 is 5.97 Å². The average Bonchev–Trinajstić information content (AvgIpc) is 2.95. The first-order chi connectivity index (χ1) is 9.15. The van der Waals surface area contributed by atoms with E-state index in [0.29, 0.717) is 10.7 Å². The molecule has 0 N–H and O–H groups in total. The Morgan fingerprint density at radius 3 is 3.00 bits per heavy atom. The lowest BCUT2D eigenvalue weighted by atomic mass is 10.2. The molecular weight excluding hydrogens is 262 g/mol. The summed E-state index contributed by atoms with van der Waals surface area (Å²) in [7, 11) is 3.15. The summed E-state index contributed by atoms with van der Waals surface area (Å²) in [4.78, 5) is 17.4. The quantitative estimate of drug-likeness (QED) is 0.804. The maximum Gasteiger partial charge on any atom is 0.357 e. The summed E-state index contributed by atoms with van der Waals surface area (Å²) in [6.07, 6.45) is 0. The van der Waals surface area contributed by atoms with Gasteiger partial charge >= 0.3 is 5.97 Å². The average molecular weight is 273 g/mol. The number of esters is 1. The maximum atomic E-state index is 11.3. The van der Waals surface area contributed by atoms with E-state index in [1.54, 1.807) is 23.6 Å². The van der Waals surface area contributed by atoms with Crippen LogP contribution in [0.25, 0.3) is 0 Å². The molecule has 0 radical (unpaired) electrons. The van der Waals surface area contributed by atoms with Crippen LogP contribution in [-0.4, -0.2) is 25.1 Å². The molecule has 5 nitrogen and oxygen atoms in total. The second-order valence-electron chi connectivity index (χ2n) is 3.73. The van der Waals surface area contributed by atoms with Crippen molar-refractivity contribution < 1.29 is 9.53 Å². The molecule has 0 aliphatic carbocycles. The van der Waals surface area contributed by atoms with Gasteiger partial charge in [0.15, 0.2) is 10.8 Å². The third-order valence-corrected chi connectivity index (χ3v) is 3.45. The van der Waals surface area contributed by atoms with Crippen LogP contribution in [0.15, 0.2) is 29.6 Å². The summed E-state index contributed by atoms with van der Waals surface area (Å²) in [6, 6.07) is 9.27. The molecule has 0 unspecified atom stereocenters. The topological polar surface area (TPSA) is 66.2 Å². The molecule has 96 valence electrons. The second-order valence-corrected chi connectivity index (χ2v) is 4.56. The molecule has 0 saturated heterocycles. The second kappa shape index (κ2) is 5.50. The zero-order valence-corrected chi connectivity index (χ0v) is 11.3. The largest absolute Gasteiger partial charge is 0.464 e. The number of ether oxygens (including phenoxy) is 1. The number of thiazole rings is 1. The number of nitriles is 1. The Balaban J connectivity index is 2.28. The van der Waals surface area contributed by atoms with Gasteiger partial charge in [0.05, 0.1) is 18.7 Å². The number of methoxy groups -OCH3 is 1. The minimum absolute atomic E-state index is 0.283. The predicted molar refractivity (Wildman–Crippen MR) is 72.7 cm³/mol. The number of hydrogen-bond donors (Lipinski definition) is 0. The zero-order chi connectivity index (χ0) is 13.8. The molecule has 0 aliphatic rings. The summed E-state index contributed by atoms with van der Waals surface area (Å²) in [5.41, 5.74) is 1.70. The summed E-state index contributed by atoms with van der Waals surface area (Å²) in [6.45, 7) is 0. The lowest BCUT2D eigenvalue weighted by molar-refractivity contribution is 0.0595. The Labute approximate surface area is 114 Å². The summed E-state index contributed by atoms with van der Waals surface area (Å²) < 4.78 is 4.62. The number of carbonyl (C=O) groups is 1. The van der Waals surface area contributed by atoms with Gasteiger partial charge < -0.3 is 9.64 Å². The van der Waals surface area contributed by atoms with Crippen molar-refractivity contribution >= 4 is 28.1 Å². The van der Waals surface area contributed by atoms with Crippen molar-refractivity contribution in [3.8, 4) is 6.07 Å². The fraction of sp³-hybridized carbons (Fsp3) is 0.154. The highest BCUT2D eigenvalue weighted by atomic mass is 32.1. The molecule has 1 aromatic heterocycles. The Kier molecular flexibility index (Phi) is 3.78. The first-order valence-corrected chi connectivity index (χ1v) is 6.31. The molecule has 19 heavy (non-hydrogen) atoms. The molecule has 0 spiro atoms. The molecule has 0 amide bonds. The minimum atomic E-state index is -0.457. The standard InChI is InChI=1S/C13H11N3O2S/c1-16(10-5-3-4-9(6-10)7-14)13-15-11(8-19-13)12(17)18-2/h3-6,8H,1-2H3. The van der Waals surface area contributed by atoms with E-state index in [9.17, 15) is 4.79 Å². The van der Waals surface area contributed by atoms with Gasteiger partial charge in [-0.2, -0.15) is 5.26 Å². The van der Waals surface area contributed by atoms with Crippen molar-refractivity contribution in [2.75, 3.05) is 19.1 Å². The van der Waals surface area contributed by atoms with Crippen LogP contribution in [0.5, 0.6) is 0 Å². The fourth-order valence-corrected chi connectivity index (χ4v) is 2.29. The lowest BCUT2D eigenvalue weighted by Gasteiger charge is -2.15. The van der Waals surface area contributed by atoms with Gasteiger partial charge in [-0.1, -0.05) is 6.07 Å². The van der Waals surface area contributed by atoms with Crippen LogP contribution >= 0.6 is 11.3 Å². The van der Waals surface area contributed by atoms with Gasteiger partial charge in [0.25, 0.3) is 0 Å². The Morgan fingerprint density at radius 1 is 1.53 bits per heavy atom. The van der Waals surface area contributed by atoms with Crippen LogP contribution < -0.4 is 4.90 Å². The van der Waals surface area contributed by atoms with Crippen molar-refractivity contribution in [3.05, 3.63) is 40.9 Å². The van der Waals surface area contributed by atoms with Crippen LogP contribution in [0.1, 0.15) is 16.1 Å². The summed E-state index contributed by atoms with van der Waals surface area (Å²) in [5.74, 6) is -0.457. The van der Waals surface area contributed by atoms with Gasteiger partial charge in [-0.3, -0.25) is 0 Å². The van der Waals surface area contributed by atoms with E-state index in [1.807, 2.05) is 18.0 Å². The van der Waals surface area contributed by atoms with E-state index >= 15 is 0 Å². The molecule has 0 atom stereocenters. The number of carbonyl (C=O) groups excluding carboxylic acids is 1. The molecule has 6 heteroatoms. The molecular formula is C13H11N3O2S. The van der Waals surface area contributed by atoms with E-state index in [-0.39, 0.29) is 5.69 Å². The highest BCUT2D eigenvalue weighted by molar-refractivity contribution is 7.14. The normalized spacial score (nSPS) is 9.74. The fourth-order valence-electron chi connectivity index (χ4n) is 1.51. The molecule has 1 heterocycles. The van der Waals surface area contributed by atoms with Gasteiger partial charge in [-0.15, -0.1) is 11.3 Å². The number of hydrogen-bond acceptors (Lipinski definition) is 6. The first kappa shape index (κ1) is 13.1. The van der Waals surface area contributed by atoms with Crippen molar-refractivity contribution in [1.82, 2.24) is 4.98 Å². The van der Waals surface area contributed by atoms with Crippen LogP contribution in [0.4, 0.5) is 10.8 Å². The molecule has 0 fully saturated rings. The maximum absolute atomic E-state index is 11.3. The van der Waals surface area contributed by atoms with Crippen LogP contribution in [-0.2, 0) is 4.74 Å². The minimum Gasteiger partial charge on any atom is -0.464 e. The number of nitrogens with zero attached hydrogens (tertiary/aromatic N) is 3. The van der Waals surface area contributed by atoms with Crippen LogP contribution in [0, 0.1) is 11.3 Å². The van der Waals surface area contributed by atoms with Gasteiger partial charge in [0.1, 0.15) is 0 Å². The third-order valence-electron chi connectivity index (χ3n) is 2.54. The Hall–Kier alpha value is -2.39. The number of benzene rings is 1. The Morgan fingerprint density at radius 2 is 2.32 bits per heavy atom. The van der Waals surface area contributed by atoms with E-state index in [2.05, 4.69) is 15.8 Å². The zero-order valence-electron chi connectivity index (χ0n) is 10.5. The monoisotopic (exact) mass is 273 g/mol. The van der Waals surface area contributed by atoms with Crippen LogP contribution in [0.2, 0.25) is 0 Å². The van der Waals surface area contributed by atoms with Gasteiger partial charge in [-0.25, -0.2) is 9.78 Å². The highest BCUT2D eigenvalue weighted by Crippen LogP contribution is 2.27. The highest BCUT2D eigenvalue weighted by Gasteiger charge is 2.14. The Bertz CT molecular complexity index is 645. The summed E-state index contributed by atoms with van der Waals surface area (Å²) >= 11 is 1.34.